The van der Waals surface area contributed by atoms with Crippen molar-refractivity contribution in [2.24, 2.45) is 0 Å². The van der Waals surface area contributed by atoms with Crippen LogP contribution in [0.2, 0.25) is 0 Å². The average Bonchev–Trinajstić information content (AvgIpc) is 2.46. The van der Waals surface area contributed by atoms with Gasteiger partial charge < -0.3 is 15.7 Å². The first-order valence-electron chi connectivity index (χ1n) is 6.63. The molecule has 0 atom stereocenters. The van der Waals surface area contributed by atoms with Crippen molar-refractivity contribution in [1.82, 2.24) is 4.90 Å². The molecule has 0 saturated carbocycles. The number of halogens is 1. The van der Waals surface area contributed by atoms with E-state index in [1.54, 1.807) is 12.1 Å². The molecule has 4 nitrogen and oxygen atoms in total. The van der Waals surface area contributed by atoms with Crippen molar-refractivity contribution in [2.45, 2.75) is 13.5 Å². The third-order valence-corrected chi connectivity index (χ3v) is 3.18. The van der Waals surface area contributed by atoms with Gasteiger partial charge in [0, 0.05) is 18.8 Å². The molecule has 0 radical (unpaired) electrons. The maximum Gasteiger partial charge on any atom is 0.258 e. The van der Waals surface area contributed by atoms with E-state index >= 15 is 0 Å². The lowest BCUT2D eigenvalue weighted by Gasteiger charge is -2.21. The molecule has 0 saturated heterocycles. The number of hydrogen-bond acceptors (Lipinski definition) is 3. The monoisotopic (exact) mass is 288 g/mol. The summed E-state index contributed by atoms with van der Waals surface area (Å²) in [5.74, 6) is -1.21. The molecule has 2 rings (SSSR count). The number of benzene rings is 2. The van der Waals surface area contributed by atoms with Gasteiger partial charge in [0.2, 0.25) is 0 Å². The van der Waals surface area contributed by atoms with Crippen molar-refractivity contribution in [2.75, 3.05) is 12.3 Å². The van der Waals surface area contributed by atoms with Crippen molar-refractivity contribution < 1.29 is 14.3 Å². The van der Waals surface area contributed by atoms with E-state index in [2.05, 4.69) is 0 Å². The molecule has 0 spiro atoms. The molecule has 0 unspecified atom stereocenters. The van der Waals surface area contributed by atoms with Gasteiger partial charge in [-0.15, -0.1) is 0 Å². The van der Waals surface area contributed by atoms with Crippen LogP contribution in [0.15, 0.2) is 42.5 Å². The Bertz CT molecular complexity index is 658. The van der Waals surface area contributed by atoms with Crippen molar-refractivity contribution in [3.05, 3.63) is 59.4 Å². The van der Waals surface area contributed by atoms with Crippen LogP contribution in [0, 0.1) is 5.82 Å². The van der Waals surface area contributed by atoms with E-state index in [4.69, 9.17) is 5.73 Å². The van der Waals surface area contributed by atoms with Crippen LogP contribution in [-0.2, 0) is 6.54 Å². The van der Waals surface area contributed by atoms with E-state index in [1.165, 1.54) is 11.0 Å². The number of nitrogen functional groups attached to an aromatic ring is 1. The molecular formula is C16H17FN2O2. The average molecular weight is 288 g/mol. The topological polar surface area (TPSA) is 66.6 Å². The number of carbonyl (C=O) groups excluding carboxylic acids is 1. The summed E-state index contributed by atoms with van der Waals surface area (Å²) < 4.78 is 13.3. The molecule has 0 aromatic heterocycles. The van der Waals surface area contributed by atoms with Gasteiger partial charge in [-0.05, 0) is 42.8 Å². The molecule has 0 fully saturated rings. The molecule has 0 bridgehead atoms. The second-order valence-corrected chi connectivity index (χ2v) is 4.73. The fraction of sp³-hybridized carbons (Fsp3) is 0.188. The number of nitrogens with zero attached hydrogens (tertiary/aromatic N) is 1. The van der Waals surface area contributed by atoms with Gasteiger partial charge in [0.05, 0.1) is 5.56 Å². The molecule has 3 N–H and O–H groups in total. The van der Waals surface area contributed by atoms with Crippen LogP contribution in [0.5, 0.6) is 5.75 Å². The molecule has 0 heterocycles. The van der Waals surface area contributed by atoms with Crippen LogP contribution in [-0.4, -0.2) is 22.5 Å². The molecular weight excluding hydrogens is 271 g/mol. The minimum Gasteiger partial charge on any atom is -0.507 e. The summed E-state index contributed by atoms with van der Waals surface area (Å²) in [6.07, 6.45) is 0. The van der Waals surface area contributed by atoms with Gasteiger partial charge in [-0.2, -0.15) is 0 Å². The molecule has 2 aromatic rings. The highest BCUT2D eigenvalue weighted by Gasteiger charge is 2.18. The van der Waals surface area contributed by atoms with Gasteiger partial charge in [-0.1, -0.05) is 12.1 Å². The highest BCUT2D eigenvalue weighted by atomic mass is 19.1. The summed E-state index contributed by atoms with van der Waals surface area (Å²) in [6, 6.07) is 10.5. The Morgan fingerprint density at radius 1 is 1.29 bits per heavy atom. The molecule has 2 aromatic carbocycles. The lowest BCUT2D eigenvalue weighted by atomic mass is 10.1. The second-order valence-electron chi connectivity index (χ2n) is 4.73. The predicted octanol–water partition coefficient (Wildman–Crippen LogP) is 2.78. The van der Waals surface area contributed by atoms with Gasteiger partial charge in [0.15, 0.2) is 0 Å². The minimum absolute atomic E-state index is 0.0410. The normalized spacial score (nSPS) is 10.4. The van der Waals surface area contributed by atoms with Gasteiger partial charge in [0.1, 0.15) is 11.6 Å². The number of amides is 1. The SMILES string of the molecule is CCN(Cc1cccc(N)c1)C(=O)c1cc(F)ccc1O. The lowest BCUT2D eigenvalue weighted by molar-refractivity contribution is 0.0749. The van der Waals surface area contributed by atoms with E-state index in [0.717, 1.165) is 17.7 Å². The molecule has 21 heavy (non-hydrogen) atoms. The van der Waals surface area contributed by atoms with Gasteiger partial charge in [-0.3, -0.25) is 4.79 Å². The highest BCUT2D eigenvalue weighted by Crippen LogP contribution is 2.21. The Morgan fingerprint density at radius 3 is 2.71 bits per heavy atom. The van der Waals surface area contributed by atoms with Crippen LogP contribution < -0.4 is 5.73 Å². The first-order valence-corrected chi connectivity index (χ1v) is 6.63. The third kappa shape index (κ3) is 3.51. The lowest BCUT2D eigenvalue weighted by Crippen LogP contribution is -2.30. The van der Waals surface area contributed by atoms with E-state index < -0.39 is 11.7 Å². The number of anilines is 1. The first-order chi connectivity index (χ1) is 10.0. The van der Waals surface area contributed by atoms with Crippen molar-refractivity contribution >= 4 is 11.6 Å². The third-order valence-electron chi connectivity index (χ3n) is 3.18. The van der Waals surface area contributed by atoms with E-state index in [9.17, 15) is 14.3 Å². The zero-order valence-electron chi connectivity index (χ0n) is 11.7. The maximum atomic E-state index is 13.3. The number of nitrogens with two attached hydrogens (primary N) is 1. The zero-order chi connectivity index (χ0) is 15.4. The fourth-order valence-corrected chi connectivity index (χ4v) is 2.09. The predicted molar refractivity (Wildman–Crippen MR) is 79.3 cm³/mol. The number of rotatable bonds is 4. The molecule has 0 aliphatic heterocycles. The second kappa shape index (κ2) is 6.26. The van der Waals surface area contributed by atoms with Crippen LogP contribution in [0.25, 0.3) is 0 Å². The molecule has 110 valence electrons. The molecule has 1 amide bonds. The Kier molecular flexibility index (Phi) is 4.42. The van der Waals surface area contributed by atoms with Crippen LogP contribution in [0.1, 0.15) is 22.8 Å². The quantitative estimate of drug-likeness (QED) is 0.850. The molecule has 0 aliphatic rings. The number of phenolic OH excluding ortho intramolecular Hbond substituents is 1. The standard InChI is InChI=1S/C16H17FN2O2/c1-2-19(10-11-4-3-5-13(18)8-11)16(21)14-9-12(17)6-7-15(14)20/h3-9,20H,2,10,18H2,1H3. The molecule has 0 aliphatic carbocycles. The van der Waals surface area contributed by atoms with Crippen LogP contribution >= 0.6 is 0 Å². The fourth-order valence-electron chi connectivity index (χ4n) is 2.09. The van der Waals surface area contributed by atoms with Crippen LogP contribution in [0.3, 0.4) is 0 Å². The highest BCUT2D eigenvalue weighted by molar-refractivity contribution is 5.96. The Hall–Kier alpha value is -2.56. The summed E-state index contributed by atoms with van der Waals surface area (Å²) in [5, 5.41) is 9.73. The Labute approximate surface area is 122 Å². The minimum atomic E-state index is -0.559. The Balaban J connectivity index is 2.24. The van der Waals surface area contributed by atoms with Gasteiger partial charge in [0.25, 0.3) is 5.91 Å². The Morgan fingerprint density at radius 2 is 2.05 bits per heavy atom. The number of carbonyl (C=O) groups is 1. The number of phenols is 1. The zero-order valence-corrected chi connectivity index (χ0v) is 11.7. The van der Waals surface area contributed by atoms with Crippen molar-refractivity contribution in [1.29, 1.82) is 0 Å². The van der Waals surface area contributed by atoms with Crippen molar-refractivity contribution in [3.8, 4) is 5.75 Å². The number of aromatic hydroxyl groups is 1. The smallest absolute Gasteiger partial charge is 0.258 e. The van der Waals surface area contributed by atoms with Gasteiger partial charge >= 0.3 is 0 Å². The summed E-state index contributed by atoms with van der Waals surface area (Å²) in [6.45, 7) is 2.60. The summed E-state index contributed by atoms with van der Waals surface area (Å²) >= 11 is 0. The first kappa shape index (κ1) is 14.8. The summed E-state index contributed by atoms with van der Waals surface area (Å²) in [7, 11) is 0. The summed E-state index contributed by atoms with van der Waals surface area (Å²) in [4.78, 5) is 13.9. The van der Waals surface area contributed by atoms with E-state index in [0.29, 0.717) is 18.8 Å². The summed E-state index contributed by atoms with van der Waals surface area (Å²) in [5.41, 5.74) is 7.16. The maximum absolute atomic E-state index is 13.3. The van der Waals surface area contributed by atoms with E-state index in [1.807, 2.05) is 19.1 Å². The van der Waals surface area contributed by atoms with Crippen LogP contribution in [0.4, 0.5) is 10.1 Å². The van der Waals surface area contributed by atoms with E-state index in [-0.39, 0.29) is 11.3 Å². The van der Waals surface area contributed by atoms with Gasteiger partial charge in [-0.25, -0.2) is 4.39 Å². The molecule has 5 heteroatoms. The number of hydrogen-bond donors (Lipinski definition) is 2. The largest absolute Gasteiger partial charge is 0.507 e. The van der Waals surface area contributed by atoms with Crippen molar-refractivity contribution in [3.63, 3.8) is 0 Å².